The lowest BCUT2D eigenvalue weighted by Crippen LogP contribution is -2.08. The molecule has 0 aromatic carbocycles. The molecular weight excluding hydrogens is 237 g/mol. The number of nitrogens with one attached hydrogen (secondary N) is 1. The third-order valence-corrected chi connectivity index (χ3v) is 1.97. The summed E-state index contributed by atoms with van der Waals surface area (Å²) in [5.41, 5.74) is -0.391. The quantitative estimate of drug-likeness (QED) is 0.893. The van der Waals surface area contributed by atoms with E-state index in [9.17, 15) is 13.2 Å². The van der Waals surface area contributed by atoms with Crippen molar-refractivity contribution >= 4 is 0 Å². The van der Waals surface area contributed by atoms with Gasteiger partial charge in [0.05, 0.1) is 5.69 Å². The standard InChI is InChI=1S/C9H9F3N4O/c1-13-4-6-5-17-8(14-6)16-3-2-7(15-16)9(10,11)12/h2-3,5,13H,4H2,1H3. The molecule has 0 spiro atoms. The zero-order valence-corrected chi connectivity index (χ0v) is 8.82. The fourth-order valence-electron chi connectivity index (χ4n) is 1.25. The minimum absolute atomic E-state index is 0.00532. The van der Waals surface area contributed by atoms with E-state index < -0.39 is 11.9 Å². The molecule has 0 radical (unpaired) electrons. The summed E-state index contributed by atoms with van der Waals surface area (Å²) in [6.45, 7) is 0.469. The van der Waals surface area contributed by atoms with Gasteiger partial charge in [-0.2, -0.15) is 27.9 Å². The van der Waals surface area contributed by atoms with Gasteiger partial charge >= 0.3 is 12.2 Å². The van der Waals surface area contributed by atoms with Crippen LogP contribution in [0.5, 0.6) is 0 Å². The average molecular weight is 246 g/mol. The molecule has 0 aliphatic heterocycles. The maximum absolute atomic E-state index is 12.3. The molecule has 0 fully saturated rings. The molecule has 2 heterocycles. The van der Waals surface area contributed by atoms with Crippen molar-refractivity contribution in [1.82, 2.24) is 20.1 Å². The van der Waals surface area contributed by atoms with Crippen LogP contribution in [0.2, 0.25) is 0 Å². The Kier molecular flexibility index (Phi) is 2.88. The van der Waals surface area contributed by atoms with Crippen molar-refractivity contribution in [2.24, 2.45) is 0 Å². The highest BCUT2D eigenvalue weighted by molar-refractivity contribution is 5.13. The number of rotatable bonds is 3. The number of oxazole rings is 1. The van der Waals surface area contributed by atoms with Crippen molar-refractivity contribution in [2.75, 3.05) is 7.05 Å². The third-order valence-electron chi connectivity index (χ3n) is 1.97. The topological polar surface area (TPSA) is 55.9 Å². The van der Waals surface area contributed by atoms with Gasteiger partial charge in [-0.1, -0.05) is 0 Å². The van der Waals surface area contributed by atoms with Crippen LogP contribution in [0.4, 0.5) is 13.2 Å². The van der Waals surface area contributed by atoms with Crippen molar-refractivity contribution in [3.63, 3.8) is 0 Å². The van der Waals surface area contributed by atoms with Crippen LogP contribution in [-0.2, 0) is 12.7 Å². The van der Waals surface area contributed by atoms with Crippen molar-refractivity contribution in [1.29, 1.82) is 0 Å². The molecule has 0 saturated heterocycles. The Bertz CT molecular complexity index is 502. The van der Waals surface area contributed by atoms with Crippen LogP contribution >= 0.6 is 0 Å². The summed E-state index contributed by atoms with van der Waals surface area (Å²) in [6, 6.07) is 0.868. The fourth-order valence-corrected chi connectivity index (χ4v) is 1.25. The minimum atomic E-state index is -4.47. The first-order valence-corrected chi connectivity index (χ1v) is 4.73. The predicted molar refractivity (Wildman–Crippen MR) is 51.4 cm³/mol. The average Bonchev–Trinajstić information content (AvgIpc) is 2.82. The van der Waals surface area contributed by atoms with Gasteiger partial charge in [0.1, 0.15) is 6.26 Å². The second kappa shape index (κ2) is 4.21. The number of hydrogen-bond donors (Lipinski definition) is 1. The minimum Gasteiger partial charge on any atom is -0.430 e. The van der Waals surface area contributed by atoms with Gasteiger partial charge in [0.25, 0.3) is 0 Å². The van der Waals surface area contributed by atoms with E-state index in [0.29, 0.717) is 12.2 Å². The number of aromatic nitrogens is 3. The van der Waals surface area contributed by atoms with Gasteiger partial charge in [0, 0.05) is 12.7 Å². The van der Waals surface area contributed by atoms with E-state index in [1.54, 1.807) is 7.05 Å². The second-order valence-electron chi connectivity index (χ2n) is 3.30. The molecule has 2 aromatic rings. The molecule has 1 N–H and O–H groups in total. The summed E-state index contributed by atoms with van der Waals surface area (Å²) < 4.78 is 42.9. The first-order valence-electron chi connectivity index (χ1n) is 4.73. The largest absolute Gasteiger partial charge is 0.435 e. The molecule has 2 aromatic heterocycles. The molecule has 92 valence electrons. The van der Waals surface area contributed by atoms with Crippen LogP contribution in [0, 0.1) is 0 Å². The first-order chi connectivity index (χ1) is 8.00. The molecular formula is C9H9F3N4O. The van der Waals surface area contributed by atoms with Crippen molar-refractivity contribution in [3.05, 3.63) is 29.9 Å². The first kappa shape index (κ1) is 11.6. The van der Waals surface area contributed by atoms with Gasteiger partial charge < -0.3 is 9.73 Å². The highest BCUT2D eigenvalue weighted by Gasteiger charge is 2.33. The van der Waals surface area contributed by atoms with Crippen molar-refractivity contribution < 1.29 is 17.6 Å². The number of nitrogens with zero attached hydrogens (tertiary/aromatic N) is 3. The van der Waals surface area contributed by atoms with Gasteiger partial charge in [-0.15, -0.1) is 0 Å². The lowest BCUT2D eigenvalue weighted by molar-refractivity contribution is -0.141. The number of alkyl halides is 3. The summed E-state index contributed by atoms with van der Waals surface area (Å²) in [5, 5.41) is 6.19. The van der Waals surface area contributed by atoms with Crippen LogP contribution in [-0.4, -0.2) is 21.8 Å². The van der Waals surface area contributed by atoms with Gasteiger partial charge in [0.15, 0.2) is 5.69 Å². The smallest absolute Gasteiger partial charge is 0.430 e. The van der Waals surface area contributed by atoms with Gasteiger partial charge in [-0.3, -0.25) is 0 Å². The van der Waals surface area contributed by atoms with Crippen molar-refractivity contribution in [3.8, 4) is 6.01 Å². The summed E-state index contributed by atoms with van der Waals surface area (Å²) in [4.78, 5) is 3.97. The Hall–Kier alpha value is -1.83. The van der Waals surface area contributed by atoms with E-state index in [4.69, 9.17) is 4.42 Å². The highest BCUT2D eigenvalue weighted by atomic mass is 19.4. The van der Waals surface area contributed by atoms with Gasteiger partial charge in [-0.05, 0) is 13.1 Å². The Morgan fingerprint density at radius 3 is 2.82 bits per heavy atom. The molecule has 0 aliphatic carbocycles. The van der Waals surface area contributed by atoms with E-state index >= 15 is 0 Å². The lowest BCUT2D eigenvalue weighted by Gasteiger charge is -1.99. The zero-order valence-electron chi connectivity index (χ0n) is 8.82. The molecule has 2 rings (SSSR count). The van der Waals surface area contributed by atoms with Crippen LogP contribution in [0.1, 0.15) is 11.4 Å². The van der Waals surface area contributed by atoms with Gasteiger partial charge in [0.2, 0.25) is 0 Å². The molecule has 17 heavy (non-hydrogen) atoms. The maximum atomic E-state index is 12.3. The number of halogens is 3. The molecule has 8 heteroatoms. The van der Waals surface area contributed by atoms with Crippen LogP contribution < -0.4 is 5.32 Å². The molecule has 0 saturated carbocycles. The van der Waals surface area contributed by atoms with E-state index in [0.717, 1.165) is 16.9 Å². The van der Waals surface area contributed by atoms with Crippen molar-refractivity contribution in [2.45, 2.75) is 12.7 Å². The van der Waals surface area contributed by atoms with Crippen LogP contribution in [0.25, 0.3) is 6.01 Å². The lowest BCUT2D eigenvalue weighted by atomic mass is 10.4. The maximum Gasteiger partial charge on any atom is 0.435 e. The predicted octanol–water partition coefficient (Wildman–Crippen LogP) is 1.60. The second-order valence-corrected chi connectivity index (χ2v) is 3.30. The van der Waals surface area contributed by atoms with E-state index in [-0.39, 0.29) is 6.01 Å². The summed E-state index contributed by atoms with van der Waals surface area (Å²) in [7, 11) is 1.73. The molecule has 0 amide bonds. The summed E-state index contributed by atoms with van der Waals surface area (Å²) >= 11 is 0. The molecule has 0 unspecified atom stereocenters. The van der Waals surface area contributed by atoms with E-state index in [1.165, 1.54) is 6.26 Å². The SMILES string of the molecule is CNCc1coc(-n2ccc(C(F)(F)F)n2)n1. The Morgan fingerprint density at radius 1 is 1.47 bits per heavy atom. The Labute approximate surface area is 94.3 Å². The fraction of sp³-hybridized carbons (Fsp3) is 0.333. The zero-order chi connectivity index (χ0) is 12.5. The van der Waals surface area contributed by atoms with Crippen LogP contribution in [0.3, 0.4) is 0 Å². The molecule has 0 bridgehead atoms. The molecule has 0 atom stereocenters. The Balaban J connectivity index is 2.24. The van der Waals surface area contributed by atoms with E-state index in [2.05, 4.69) is 15.4 Å². The third kappa shape index (κ3) is 2.47. The van der Waals surface area contributed by atoms with E-state index in [1.807, 2.05) is 0 Å². The van der Waals surface area contributed by atoms with Crippen LogP contribution in [0.15, 0.2) is 22.9 Å². The number of hydrogen-bond acceptors (Lipinski definition) is 4. The molecule has 5 nitrogen and oxygen atoms in total. The highest BCUT2D eigenvalue weighted by Crippen LogP contribution is 2.27. The molecule has 0 aliphatic rings. The summed E-state index contributed by atoms with van der Waals surface area (Å²) in [6.07, 6.45) is -1.95. The normalized spacial score (nSPS) is 12.0. The van der Waals surface area contributed by atoms with Gasteiger partial charge in [-0.25, -0.2) is 0 Å². The Morgan fingerprint density at radius 2 is 2.24 bits per heavy atom. The monoisotopic (exact) mass is 246 g/mol. The summed E-state index contributed by atoms with van der Waals surface area (Å²) in [5.74, 6) is 0.